The number of hydrazine groups is 1. The molecule has 17 heteroatoms. The van der Waals surface area contributed by atoms with Crippen molar-refractivity contribution in [1.29, 1.82) is 0 Å². The van der Waals surface area contributed by atoms with E-state index in [1.54, 1.807) is 35.1 Å². The van der Waals surface area contributed by atoms with Gasteiger partial charge in [-0.3, -0.25) is 38.9 Å². The summed E-state index contributed by atoms with van der Waals surface area (Å²) in [5, 5.41) is 5.24. The lowest BCUT2D eigenvalue weighted by Gasteiger charge is -2.37. The summed E-state index contributed by atoms with van der Waals surface area (Å²) in [6, 6.07) is 6.64. The molecule has 3 saturated heterocycles. The number of aromatic nitrogens is 2. The molecule has 4 aliphatic rings. The minimum Gasteiger partial charge on any atom is -0.464 e. The predicted molar refractivity (Wildman–Crippen MR) is 245 cm³/mol. The average molecular weight is 896 g/mol. The van der Waals surface area contributed by atoms with E-state index in [9.17, 15) is 28.8 Å². The molecule has 2 N–H and O–H groups in total. The van der Waals surface area contributed by atoms with E-state index in [1.807, 2.05) is 45.0 Å². The molecule has 6 heterocycles. The highest BCUT2D eigenvalue weighted by Crippen LogP contribution is 2.42. The minimum atomic E-state index is -1.23. The number of nitrogens with one attached hydrogen (secondary N) is 2. The summed E-state index contributed by atoms with van der Waals surface area (Å²) in [6.07, 6.45) is 4.59. The molecule has 0 aliphatic carbocycles. The van der Waals surface area contributed by atoms with Crippen LogP contribution in [0, 0.1) is 17.3 Å². The fourth-order valence-corrected chi connectivity index (χ4v) is 9.95. The van der Waals surface area contributed by atoms with Crippen molar-refractivity contribution in [3.8, 4) is 11.3 Å². The summed E-state index contributed by atoms with van der Waals surface area (Å²) >= 11 is 0. The Morgan fingerprint density at radius 3 is 2.55 bits per heavy atom. The van der Waals surface area contributed by atoms with Crippen molar-refractivity contribution in [3.05, 3.63) is 60.4 Å². The van der Waals surface area contributed by atoms with Gasteiger partial charge in [-0.15, -0.1) is 0 Å². The Morgan fingerprint density at radius 1 is 1.08 bits per heavy atom. The number of likely N-dealkylation sites (tertiary alicyclic amines) is 1. The Hall–Kier alpha value is -5.81. The first kappa shape index (κ1) is 47.2. The standard InChI is InChI=1S/C48H65N9O8/c1-10-39(58)53-21-18-31(26-53)44(60)52(8)41(29(3)4)43(59)50-37-27-54-22-23-56(47(54)63)32-16-17-38-34(24-32)35(42(55(38)11-2)33-14-12-19-49-40(33)30(5)64-9)25-48(6,7)28-65-46(62)36-15-13-20-57(51-36)45(37)61/h10,12,14,16-17,19,24,29-31,36-37,41,51H,1,11,13,15,18,20-23,25-28H2,2-9H3,(H,50,59)/t30-,31-,36-,37-,41?/m0/s1. The highest BCUT2D eigenvalue weighted by molar-refractivity contribution is 6.00. The Kier molecular flexibility index (Phi) is 14.0. The van der Waals surface area contributed by atoms with Gasteiger partial charge in [-0.1, -0.05) is 34.3 Å². The lowest BCUT2D eigenvalue weighted by molar-refractivity contribution is -0.155. The van der Waals surface area contributed by atoms with Crippen molar-refractivity contribution in [2.24, 2.45) is 17.3 Å². The van der Waals surface area contributed by atoms with Gasteiger partial charge in [0.1, 0.15) is 18.1 Å². The maximum atomic E-state index is 14.6. The second kappa shape index (κ2) is 19.3. The molecule has 6 bridgehead atoms. The van der Waals surface area contributed by atoms with E-state index in [4.69, 9.17) is 14.5 Å². The molecule has 0 saturated carbocycles. The number of nitrogens with zero attached hydrogens (tertiary/aromatic N) is 7. The number of pyridine rings is 1. The van der Waals surface area contributed by atoms with Gasteiger partial charge in [0.05, 0.1) is 36.6 Å². The molecule has 4 aliphatic heterocycles. The fraction of sp³-hybridized carbons (Fsp3) is 0.562. The zero-order chi connectivity index (χ0) is 46.9. The number of likely N-dealkylation sites (N-methyl/N-ethyl adjacent to an activating group) is 1. The van der Waals surface area contributed by atoms with Gasteiger partial charge in [-0.25, -0.2) is 10.2 Å². The second-order valence-electron chi connectivity index (χ2n) is 18.9. The number of ether oxygens (including phenoxy) is 2. The number of carbonyl (C=O) groups excluding carboxylic acids is 6. The van der Waals surface area contributed by atoms with Gasteiger partial charge in [0.2, 0.25) is 17.7 Å². The first-order valence-corrected chi connectivity index (χ1v) is 22.9. The van der Waals surface area contributed by atoms with Crippen LogP contribution in [0.15, 0.2) is 49.2 Å². The van der Waals surface area contributed by atoms with Crippen LogP contribution in [0.1, 0.15) is 78.2 Å². The third-order valence-electron chi connectivity index (χ3n) is 13.4. The quantitative estimate of drug-likeness (QED) is 0.220. The maximum absolute atomic E-state index is 14.6. The summed E-state index contributed by atoms with van der Waals surface area (Å²) in [5.41, 5.74) is 7.93. The van der Waals surface area contributed by atoms with Crippen LogP contribution in [0.3, 0.4) is 0 Å². The van der Waals surface area contributed by atoms with E-state index in [2.05, 4.69) is 48.7 Å². The smallest absolute Gasteiger partial charge is 0.324 e. The molecular weight excluding hydrogens is 831 g/mol. The molecule has 6 amide bonds. The van der Waals surface area contributed by atoms with Crippen LogP contribution in [0.25, 0.3) is 22.2 Å². The van der Waals surface area contributed by atoms with Crippen LogP contribution < -0.4 is 15.6 Å². The van der Waals surface area contributed by atoms with Crippen LogP contribution in [0.2, 0.25) is 0 Å². The summed E-state index contributed by atoms with van der Waals surface area (Å²) < 4.78 is 14.1. The third kappa shape index (κ3) is 9.48. The van der Waals surface area contributed by atoms with E-state index in [1.165, 1.54) is 16.0 Å². The van der Waals surface area contributed by atoms with Crippen molar-refractivity contribution >= 4 is 52.2 Å². The largest absolute Gasteiger partial charge is 0.464 e. The Labute approximate surface area is 381 Å². The van der Waals surface area contributed by atoms with Gasteiger partial charge in [0, 0.05) is 87.2 Å². The van der Waals surface area contributed by atoms with Crippen molar-refractivity contribution in [2.45, 2.75) is 98.0 Å². The van der Waals surface area contributed by atoms with Crippen molar-refractivity contribution in [2.75, 3.05) is 64.9 Å². The summed E-state index contributed by atoms with van der Waals surface area (Å²) in [5.74, 6) is -2.97. The number of carbonyl (C=O) groups is 6. The second-order valence-corrected chi connectivity index (χ2v) is 18.9. The predicted octanol–water partition coefficient (Wildman–Crippen LogP) is 4.30. The van der Waals surface area contributed by atoms with Gasteiger partial charge in [0.25, 0.3) is 5.91 Å². The number of urea groups is 1. The molecule has 2 aromatic heterocycles. The number of cyclic esters (lactones) is 1. The molecule has 17 nitrogen and oxygen atoms in total. The normalized spacial score (nSPS) is 22.5. The molecule has 7 rings (SSSR count). The molecule has 1 unspecified atom stereocenters. The minimum absolute atomic E-state index is 0.0921. The molecule has 0 radical (unpaired) electrons. The maximum Gasteiger partial charge on any atom is 0.324 e. The number of benzene rings is 1. The summed E-state index contributed by atoms with van der Waals surface area (Å²) in [6.45, 7) is 17.5. The molecule has 0 spiro atoms. The number of hydrogen-bond donors (Lipinski definition) is 2. The molecule has 65 heavy (non-hydrogen) atoms. The van der Waals surface area contributed by atoms with Crippen LogP contribution in [0.4, 0.5) is 10.5 Å². The van der Waals surface area contributed by atoms with Crippen molar-refractivity contribution < 1.29 is 38.2 Å². The Bertz CT molecular complexity index is 2340. The van der Waals surface area contributed by atoms with Gasteiger partial charge in [0.15, 0.2) is 0 Å². The fourth-order valence-electron chi connectivity index (χ4n) is 9.95. The Balaban J connectivity index is 1.25. The molecule has 3 fully saturated rings. The highest BCUT2D eigenvalue weighted by atomic mass is 16.5. The third-order valence-corrected chi connectivity index (χ3v) is 13.4. The van der Waals surface area contributed by atoms with Gasteiger partial charge in [-0.2, -0.15) is 0 Å². The first-order valence-electron chi connectivity index (χ1n) is 22.9. The SMILES string of the molecule is C=CC(=O)N1CC[C@H](C(=O)N(C)C(C(=O)N[C@H]2CN3CCN(C3=O)c3ccc4c(c3)c(c(-c3cccnc3[C@H](C)OC)n4CC)CC(C)(C)COC(=O)[C@@H]3CCCN(N3)C2=O)C(C)C)C1. The number of rotatable bonds is 10. The van der Waals surface area contributed by atoms with E-state index in [0.29, 0.717) is 51.0 Å². The number of amides is 6. The molecule has 5 atom stereocenters. The van der Waals surface area contributed by atoms with Crippen LogP contribution >= 0.6 is 0 Å². The number of hydrogen-bond acceptors (Lipinski definition) is 10. The lowest BCUT2D eigenvalue weighted by Crippen LogP contribution is -2.63. The van der Waals surface area contributed by atoms with Gasteiger partial charge >= 0.3 is 12.0 Å². The van der Waals surface area contributed by atoms with Gasteiger partial charge < -0.3 is 34.1 Å². The van der Waals surface area contributed by atoms with E-state index in [0.717, 1.165) is 33.4 Å². The zero-order valence-corrected chi connectivity index (χ0v) is 39.1. The highest BCUT2D eigenvalue weighted by Gasteiger charge is 2.42. The summed E-state index contributed by atoms with van der Waals surface area (Å²) in [4.78, 5) is 94.7. The first-order chi connectivity index (χ1) is 31.0. The number of methoxy groups -OCH3 is 1. The topological polar surface area (TPSA) is 179 Å². The molecular formula is C48H65N9O8. The average Bonchev–Trinajstić information content (AvgIpc) is 4.02. The van der Waals surface area contributed by atoms with Crippen molar-refractivity contribution in [1.82, 2.24) is 40.0 Å². The number of esters is 1. The molecule has 1 aromatic carbocycles. The molecule has 350 valence electrons. The number of fused-ring (bicyclic) bond motifs is 6. The zero-order valence-electron chi connectivity index (χ0n) is 39.1. The van der Waals surface area contributed by atoms with Gasteiger partial charge in [-0.05, 0) is 87.4 Å². The van der Waals surface area contributed by atoms with E-state index >= 15 is 0 Å². The van der Waals surface area contributed by atoms with Crippen LogP contribution in [0.5, 0.6) is 0 Å². The van der Waals surface area contributed by atoms with Crippen molar-refractivity contribution in [3.63, 3.8) is 0 Å². The van der Waals surface area contributed by atoms with Crippen LogP contribution in [-0.2, 0) is 46.4 Å². The van der Waals surface area contributed by atoms with E-state index < -0.39 is 47.2 Å². The lowest BCUT2D eigenvalue weighted by atomic mass is 9.84. The summed E-state index contributed by atoms with van der Waals surface area (Å²) in [7, 11) is 3.23. The Morgan fingerprint density at radius 2 is 1.85 bits per heavy atom. The molecule has 3 aromatic rings. The van der Waals surface area contributed by atoms with Crippen LogP contribution in [-0.4, -0.2) is 143 Å². The monoisotopic (exact) mass is 895 g/mol. The number of anilines is 1. The number of aryl methyl sites for hydroxylation is 1. The van der Waals surface area contributed by atoms with E-state index in [-0.39, 0.29) is 62.7 Å².